The highest BCUT2D eigenvalue weighted by atomic mass is 15.2. The second-order valence-corrected chi connectivity index (χ2v) is 12.1. The smallest absolute Gasteiger partial charge is 0.0593 e. The van der Waals surface area contributed by atoms with Crippen LogP contribution in [0.1, 0.15) is 38.8 Å². The van der Waals surface area contributed by atoms with Crippen molar-refractivity contribution in [1.29, 1.82) is 0 Å². The summed E-state index contributed by atoms with van der Waals surface area (Å²) in [6.45, 7) is 6.90. The van der Waals surface area contributed by atoms with Gasteiger partial charge in [-0.05, 0) is 92.2 Å². The molecule has 0 spiro atoms. The van der Waals surface area contributed by atoms with E-state index in [1.165, 1.54) is 65.8 Å². The quantitative estimate of drug-likeness (QED) is 0.170. The molecule has 2 nitrogen and oxygen atoms in total. The lowest BCUT2D eigenvalue weighted by atomic mass is 9.90. The topological polar surface area (TPSA) is 15.6 Å². The molecule has 0 N–H and O–H groups in total. The van der Waals surface area contributed by atoms with E-state index in [4.69, 9.17) is 0 Å². The Bertz CT molecular complexity index is 1960. The Balaban J connectivity index is 1.15. The predicted molar refractivity (Wildman–Crippen MR) is 186 cm³/mol. The Kier molecular flexibility index (Phi) is 7.16. The minimum absolute atomic E-state index is 0.299. The molecule has 0 saturated carbocycles. The Labute approximate surface area is 255 Å². The van der Waals surface area contributed by atoms with Crippen LogP contribution in [0.25, 0.3) is 54.6 Å². The van der Waals surface area contributed by atoms with E-state index in [1.54, 1.807) is 0 Å². The van der Waals surface area contributed by atoms with Gasteiger partial charge in [-0.3, -0.25) is 9.89 Å². The van der Waals surface area contributed by atoms with E-state index in [2.05, 4.69) is 159 Å². The normalized spacial score (nSPS) is 15.0. The molecule has 3 unspecified atom stereocenters. The van der Waals surface area contributed by atoms with Gasteiger partial charge in [0.25, 0.3) is 0 Å². The number of hydrogen-bond acceptors (Lipinski definition) is 2. The molecule has 1 aliphatic rings. The summed E-state index contributed by atoms with van der Waals surface area (Å²) in [5, 5.41) is 7.86. The van der Waals surface area contributed by atoms with Crippen LogP contribution in [0, 0.1) is 5.92 Å². The first-order valence-electron chi connectivity index (χ1n) is 15.5. The standard InChI is InChI=1S/C41H38N2/c1-5-27(2)41(40-24-25-42-40)43(4)28(3)29-14-16-30(17-15-29)31-18-20-32(21-19-31)33-22-23-38-36-12-7-6-10-34(36)35-11-8-9-13-37(35)39(38)26-33/h6-28,41H,5H2,1-4H3. The molecule has 6 aromatic rings. The van der Waals surface area contributed by atoms with E-state index in [9.17, 15) is 0 Å². The summed E-state index contributed by atoms with van der Waals surface area (Å²) in [5.74, 6) is 0.551. The molecule has 0 amide bonds. The Morgan fingerprint density at radius 3 is 1.51 bits per heavy atom. The van der Waals surface area contributed by atoms with Crippen molar-refractivity contribution < 1.29 is 0 Å². The van der Waals surface area contributed by atoms with E-state index >= 15 is 0 Å². The molecule has 1 aliphatic heterocycles. The summed E-state index contributed by atoms with van der Waals surface area (Å²) in [6.07, 6.45) is 5.21. The zero-order chi connectivity index (χ0) is 29.5. The number of benzene rings is 6. The number of fused-ring (bicyclic) bond motifs is 6. The number of rotatable bonds is 8. The molecule has 0 radical (unpaired) electrons. The van der Waals surface area contributed by atoms with Gasteiger partial charge < -0.3 is 0 Å². The van der Waals surface area contributed by atoms with E-state index in [1.807, 2.05) is 6.20 Å². The molecule has 0 fully saturated rings. The summed E-state index contributed by atoms with van der Waals surface area (Å²) >= 11 is 0. The summed E-state index contributed by atoms with van der Waals surface area (Å²) < 4.78 is 0. The summed E-state index contributed by atoms with van der Waals surface area (Å²) in [6, 6.07) is 43.2. The molecule has 0 aromatic heterocycles. The fraction of sp³-hybridized carbons (Fsp3) is 0.195. The summed E-state index contributed by atoms with van der Waals surface area (Å²) in [4.78, 5) is 7.03. The van der Waals surface area contributed by atoms with Crippen LogP contribution in [0.2, 0.25) is 0 Å². The van der Waals surface area contributed by atoms with Crippen molar-refractivity contribution in [2.75, 3.05) is 7.05 Å². The summed E-state index contributed by atoms with van der Waals surface area (Å²) in [5.41, 5.74) is 7.49. The second kappa shape index (κ2) is 11.3. The zero-order valence-electron chi connectivity index (χ0n) is 25.5. The van der Waals surface area contributed by atoms with Crippen LogP contribution in [-0.4, -0.2) is 23.7 Å². The number of nitrogens with zero attached hydrogens (tertiary/aromatic N) is 2. The van der Waals surface area contributed by atoms with Gasteiger partial charge in [0.15, 0.2) is 0 Å². The first kappa shape index (κ1) is 27.3. The third-order valence-corrected chi connectivity index (χ3v) is 9.69. The van der Waals surface area contributed by atoms with Crippen LogP contribution in [0.3, 0.4) is 0 Å². The van der Waals surface area contributed by atoms with Crippen molar-refractivity contribution in [3.8, 4) is 22.3 Å². The van der Waals surface area contributed by atoms with Gasteiger partial charge >= 0.3 is 0 Å². The molecule has 2 heteroatoms. The first-order chi connectivity index (χ1) is 21.0. The van der Waals surface area contributed by atoms with Gasteiger partial charge in [-0.2, -0.15) is 0 Å². The number of hydrogen-bond donors (Lipinski definition) is 0. The highest BCUT2D eigenvalue weighted by Gasteiger charge is 2.29. The van der Waals surface area contributed by atoms with Crippen LogP contribution in [-0.2, 0) is 0 Å². The maximum absolute atomic E-state index is 4.55. The maximum atomic E-state index is 4.55. The second-order valence-electron chi connectivity index (χ2n) is 12.1. The molecule has 43 heavy (non-hydrogen) atoms. The maximum Gasteiger partial charge on any atom is 0.0593 e. The SMILES string of the molecule is CCC(C)C(C1=NC=C1)N(C)C(C)c1ccc(-c2ccc(-c3ccc4c5ccccc5c5ccccc5c4c3)cc2)cc1. The lowest BCUT2D eigenvalue weighted by molar-refractivity contribution is 0.183. The summed E-state index contributed by atoms with van der Waals surface area (Å²) in [7, 11) is 2.24. The molecule has 0 bridgehead atoms. The highest BCUT2D eigenvalue weighted by Crippen LogP contribution is 2.37. The van der Waals surface area contributed by atoms with Crippen LogP contribution >= 0.6 is 0 Å². The van der Waals surface area contributed by atoms with Gasteiger partial charge in [-0.15, -0.1) is 0 Å². The monoisotopic (exact) mass is 558 g/mol. The van der Waals surface area contributed by atoms with E-state index < -0.39 is 0 Å². The molecule has 6 aromatic carbocycles. The van der Waals surface area contributed by atoms with Crippen LogP contribution in [0.4, 0.5) is 0 Å². The molecule has 7 rings (SSSR count). The Morgan fingerprint density at radius 2 is 1.02 bits per heavy atom. The Hall–Kier alpha value is -4.53. The highest BCUT2D eigenvalue weighted by molar-refractivity contribution is 6.25. The van der Waals surface area contributed by atoms with E-state index in [-0.39, 0.29) is 0 Å². The van der Waals surface area contributed by atoms with Crippen LogP contribution < -0.4 is 0 Å². The minimum atomic E-state index is 0.299. The molecule has 3 atom stereocenters. The van der Waals surface area contributed by atoms with Crippen molar-refractivity contribution in [2.24, 2.45) is 10.9 Å². The lowest BCUT2D eigenvalue weighted by Crippen LogP contribution is -2.44. The predicted octanol–water partition coefficient (Wildman–Crippen LogP) is 10.9. The van der Waals surface area contributed by atoms with Crippen molar-refractivity contribution in [2.45, 2.75) is 39.3 Å². The molecule has 0 aliphatic carbocycles. The third kappa shape index (κ3) is 4.86. The van der Waals surface area contributed by atoms with Crippen molar-refractivity contribution >= 4 is 38.0 Å². The first-order valence-corrected chi connectivity index (χ1v) is 15.5. The lowest BCUT2D eigenvalue weighted by Gasteiger charge is -2.38. The van der Waals surface area contributed by atoms with Crippen LogP contribution in [0.15, 0.2) is 133 Å². The van der Waals surface area contributed by atoms with E-state index in [0.717, 1.165) is 6.42 Å². The zero-order valence-corrected chi connectivity index (χ0v) is 25.5. The van der Waals surface area contributed by atoms with Gasteiger partial charge in [-0.25, -0.2) is 0 Å². The van der Waals surface area contributed by atoms with Crippen molar-refractivity contribution in [3.05, 3.63) is 133 Å². The molecular formula is C41H38N2. The van der Waals surface area contributed by atoms with Gasteiger partial charge in [0, 0.05) is 12.2 Å². The molecule has 1 heterocycles. The third-order valence-electron chi connectivity index (χ3n) is 9.69. The van der Waals surface area contributed by atoms with Crippen molar-refractivity contribution in [1.82, 2.24) is 4.90 Å². The fourth-order valence-corrected chi connectivity index (χ4v) is 6.83. The van der Waals surface area contributed by atoms with Gasteiger partial charge in [0.05, 0.1) is 11.8 Å². The van der Waals surface area contributed by atoms with Gasteiger partial charge in [0.2, 0.25) is 0 Å². The Morgan fingerprint density at radius 1 is 0.581 bits per heavy atom. The average molecular weight is 559 g/mol. The molecular weight excluding hydrogens is 520 g/mol. The van der Waals surface area contributed by atoms with E-state index in [0.29, 0.717) is 18.0 Å². The van der Waals surface area contributed by atoms with Gasteiger partial charge in [-0.1, -0.05) is 129 Å². The van der Waals surface area contributed by atoms with Crippen LogP contribution in [0.5, 0.6) is 0 Å². The largest absolute Gasteiger partial charge is 0.291 e. The minimum Gasteiger partial charge on any atom is -0.291 e. The fourth-order valence-electron chi connectivity index (χ4n) is 6.83. The molecule has 212 valence electrons. The number of aliphatic imine (C=N–C) groups is 1. The molecule has 0 saturated heterocycles. The van der Waals surface area contributed by atoms with Gasteiger partial charge in [0.1, 0.15) is 0 Å². The average Bonchev–Trinajstić information content (AvgIpc) is 3.05. The van der Waals surface area contributed by atoms with Crippen molar-refractivity contribution in [3.63, 3.8) is 0 Å².